The summed E-state index contributed by atoms with van der Waals surface area (Å²) in [4.78, 5) is 14.9. The molecule has 0 saturated heterocycles. The standard InChI is InChI=1S/C15H24N2OS/c1-4-12(2)17(3)10-9-16-15(18)11-13-5-7-14(19)8-6-13/h5-8,12,19H,4,9-11H2,1-3H3,(H,16,18). The smallest absolute Gasteiger partial charge is 0.224 e. The van der Waals surface area contributed by atoms with Gasteiger partial charge in [0.15, 0.2) is 0 Å². The van der Waals surface area contributed by atoms with E-state index < -0.39 is 0 Å². The van der Waals surface area contributed by atoms with Crippen LogP contribution in [0.1, 0.15) is 25.8 Å². The predicted molar refractivity (Wildman–Crippen MR) is 82.8 cm³/mol. The summed E-state index contributed by atoms with van der Waals surface area (Å²) in [5, 5.41) is 2.96. The van der Waals surface area contributed by atoms with Crippen LogP contribution in [-0.2, 0) is 11.2 Å². The summed E-state index contributed by atoms with van der Waals surface area (Å²) in [5.41, 5.74) is 1.02. The SMILES string of the molecule is CCC(C)N(C)CCNC(=O)Cc1ccc(S)cc1. The minimum absolute atomic E-state index is 0.0736. The molecule has 0 fully saturated rings. The number of carbonyl (C=O) groups is 1. The number of thiol groups is 1. The fourth-order valence-electron chi connectivity index (χ4n) is 1.77. The van der Waals surface area contributed by atoms with Crippen molar-refractivity contribution in [2.24, 2.45) is 0 Å². The topological polar surface area (TPSA) is 32.3 Å². The molecule has 4 heteroatoms. The Kier molecular flexibility index (Phi) is 6.95. The number of amides is 1. The van der Waals surface area contributed by atoms with E-state index in [1.807, 2.05) is 24.3 Å². The summed E-state index contributed by atoms with van der Waals surface area (Å²) in [5.74, 6) is 0.0736. The van der Waals surface area contributed by atoms with Gasteiger partial charge >= 0.3 is 0 Å². The Morgan fingerprint density at radius 1 is 1.37 bits per heavy atom. The Bertz CT molecular complexity index is 392. The van der Waals surface area contributed by atoms with Crippen LogP contribution >= 0.6 is 12.6 Å². The third kappa shape index (κ3) is 6.12. The largest absolute Gasteiger partial charge is 0.355 e. The number of hydrogen-bond donors (Lipinski definition) is 2. The quantitative estimate of drug-likeness (QED) is 0.752. The van der Waals surface area contributed by atoms with E-state index in [4.69, 9.17) is 0 Å². The molecule has 1 amide bonds. The molecule has 1 rings (SSSR count). The minimum Gasteiger partial charge on any atom is -0.355 e. The number of carbonyl (C=O) groups excluding carboxylic acids is 1. The first-order valence-electron chi connectivity index (χ1n) is 6.77. The highest BCUT2D eigenvalue weighted by atomic mass is 32.1. The molecule has 106 valence electrons. The zero-order valence-corrected chi connectivity index (χ0v) is 12.9. The van der Waals surface area contributed by atoms with Crippen LogP contribution < -0.4 is 5.32 Å². The zero-order valence-electron chi connectivity index (χ0n) is 12.0. The molecule has 3 nitrogen and oxygen atoms in total. The molecule has 0 saturated carbocycles. The molecule has 0 aliphatic heterocycles. The zero-order chi connectivity index (χ0) is 14.3. The van der Waals surface area contributed by atoms with Gasteiger partial charge in [-0.15, -0.1) is 12.6 Å². The van der Waals surface area contributed by atoms with Gasteiger partial charge in [-0.2, -0.15) is 0 Å². The summed E-state index contributed by atoms with van der Waals surface area (Å²) >= 11 is 4.22. The lowest BCUT2D eigenvalue weighted by atomic mass is 10.1. The molecule has 1 aromatic rings. The Labute approximate surface area is 121 Å². The number of benzene rings is 1. The minimum atomic E-state index is 0.0736. The molecule has 1 atom stereocenters. The van der Waals surface area contributed by atoms with Gasteiger partial charge in [0.05, 0.1) is 6.42 Å². The maximum absolute atomic E-state index is 11.8. The van der Waals surface area contributed by atoms with Crippen molar-refractivity contribution in [3.8, 4) is 0 Å². The van der Waals surface area contributed by atoms with Crippen LogP contribution in [0.15, 0.2) is 29.2 Å². The van der Waals surface area contributed by atoms with E-state index in [2.05, 4.69) is 43.7 Å². The van der Waals surface area contributed by atoms with Gasteiger partial charge < -0.3 is 10.2 Å². The molecule has 0 aliphatic carbocycles. The molecular weight excluding hydrogens is 256 g/mol. The van der Waals surface area contributed by atoms with Crippen molar-refractivity contribution in [2.45, 2.75) is 37.6 Å². The van der Waals surface area contributed by atoms with Crippen molar-refractivity contribution < 1.29 is 4.79 Å². The molecule has 0 aliphatic rings. The van der Waals surface area contributed by atoms with Gasteiger partial charge in [0.25, 0.3) is 0 Å². The second-order valence-electron chi connectivity index (χ2n) is 4.93. The fraction of sp³-hybridized carbons (Fsp3) is 0.533. The molecule has 1 unspecified atom stereocenters. The van der Waals surface area contributed by atoms with Gasteiger partial charge in [-0.3, -0.25) is 4.79 Å². The first-order chi connectivity index (χ1) is 9.02. The second-order valence-corrected chi connectivity index (χ2v) is 5.45. The highest BCUT2D eigenvalue weighted by Gasteiger charge is 2.07. The van der Waals surface area contributed by atoms with Crippen molar-refractivity contribution in [3.05, 3.63) is 29.8 Å². The second kappa shape index (κ2) is 8.23. The first kappa shape index (κ1) is 16.1. The molecule has 1 N–H and O–H groups in total. The monoisotopic (exact) mass is 280 g/mol. The first-order valence-corrected chi connectivity index (χ1v) is 7.22. The van der Waals surface area contributed by atoms with Gasteiger partial charge in [0, 0.05) is 24.0 Å². The Hall–Kier alpha value is -1.00. The highest BCUT2D eigenvalue weighted by Crippen LogP contribution is 2.08. The number of likely N-dealkylation sites (N-methyl/N-ethyl adjacent to an activating group) is 1. The maximum Gasteiger partial charge on any atom is 0.224 e. The third-order valence-electron chi connectivity index (χ3n) is 3.43. The number of nitrogens with one attached hydrogen (secondary N) is 1. The Balaban J connectivity index is 2.26. The van der Waals surface area contributed by atoms with E-state index in [9.17, 15) is 4.79 Å². The number of nitrogens with zero attached hydrogens (tertiary/aromatic N) is 1. The summed E-state index contributed by atoms with van der Waals surface area (Å²) < 4.78 is 0. The van der Waals surface area contributed by atoms with Crippen molar-refractivity contribution in [1.82, 2.24) is 10.2 Å². The average molecular weight is 280 g/mol. The highest BCUT2D eigenvalue weighted by molar-refractivity contribution is 7.80. The Morgan fingerprint density at radius 3 is 2.58 bits per heavy atom. The normalized spacial score (nSPS) is 12.5. The van der Waals surface area contributed by atoms with Crippen molar-refractivity contribution in [1.29, 1.82) is 0 Å². The molecule has 0 radical (unpaired) electrons. The van der Waals surface area contributed by atoms with Gasteiger partial charge in [-0.05, 0) is 38.1 Å². The van der Waals surface area contributed by atoms with Crippen LogP contribution in [0.2, 0.25) is 0 Å². The summed E-state index contributed by atoms with van der Waals surface area (Å²) in [6.07, 6.45) is 1.56. The van der Waals surface area contributed by atoms with Gasteiger partial charge in [-0.25, -0.2) is 0 Å². The molecule has 0 bridgehead atoms. The van der Waals surface area contributed by atoms with Crippen LogP contribution in [0.5, 0.6) is 0 Å². The van der Waals surface area contributed by atoms with E-state index >= 15 is 0 Å². The number of rotatable bonds is 7. The third-order valence-corrected chi connectivity index (χ3v) is 3.73. The van der Waals surface area contributed by atoms with Crippen molar-refractivity contribution in [2.75, 3.05) is 20.1 Å². The summed E-state index contributed by atoms with van der Waals surface area (Å²) in [6.45, 7) is 5.95. The Morgan fingerprint density at radius 2 is 2.00 bits per heavy atom. The number of hydrogen-bond acceptors (Lipinski definition) is 3. The van der Waals surface area contributed by atoms with Crippen LogP contribution in [0.3, 0.4) is 0 Å². The van der Waals surface area contributed by atoms with Gasteiger partial charge in [-0.1, -0.05) is 19.1 Å². The summed E-state index contributed by atoms with van der Waals surface area (Å²) in [7, 11) is 2.09. The average Bonchev–Trinajstić information content (AvgIpc) is 2.40. The van der Waals surface area contributed by atoms with E-state index in [1.54, 1.807) is 0 Å². The van der Waals surface area contributed by atoms with Gasteiger partial charge in [0.2, 0.25) is 5.91 Å². The van der Waals surface area contributed by atoms with E-state index in [0.29, 0.717) is 19.0 Å². The molecule has 0 aromatic heterocycles. The molecular formula is C15H24N2OS. The van der Waals surface area contributed by atoms with Crippen LogP contribution in [0.25, 0.3) is 0 Å². The van der Waals surface area contributed by atoms with Crippen molar-refractivity contribution >= 4 is 18.5 Å². The lowest BCUT2D eigenvalue weighted by Crippen LogP contribution is -2.37. The maximum atomic E-state index is 11.8. The van der Waals surface area contributed by atoms with Crippen LogP contribution in [-0.4, -0.2) is 37.0 Å². The molecule has 19 heavy (non-hydrogen) atoms. The van der Waals surface area contributed by atoms with E-state index in [0.717, 1.165) is 23.4 Å². The molecule has 0 heterocycles. The lowest BCUT2D eigenvalue weighted by Gasteiger charge is -2.23. The molecule has 0 spiro atoms. The summed E-state index contributed by atoms with van der Waals surface area (Å²) in [6, 6.07) is 8.24. The van der Waals surface area contributed by atoms with E-state index in [1.165, 1.54) is 0 Å². The van der Waals surface area contributed by atoms with Gasteiger partial charge in [0.1, 0.15) is 0 Å². The van der Waals surface area contributed by atoms with Crippen LogP contribution in [0, 0.1) is 0 Å². The van der Waals surface area contributed by atoms with Crippen LogP contribution in [0.4, 0.5) is 0 Å². The van der Waals surface area contributed by atoms with Crippen molar-refractivity contribution in [3.63, 3.8) is 0 Å². The molecule has 1 aromatic carbocycles. The lowest BCUT2D eigenvalue weighted by molar-refractivity contribution is -0.120. The van der Waals surface area contributed by atoms with E-state index in [-0.39, 0.29) is 5.91 Å². The predicted octanol–water partition coefficient (Wildman–Crippen LogP) is 2.36. The fourth-order valence-corrected chi connectivity index (χ4v) is 1.91.